The molecule has 45 heavy (non-hydrogen) atoms. The van der Waals surface area contributed by atoms with Crippen LogP contribution in [-0.4, -0.2) is 78.6 Å². The van der Waals surface area contributed by atoms with Crippen molar-refractivity contribution in [3.05, 3.63) is 33.8 Å². The number of carbonyl (C=O) groups excluding carboxylic acids is 3. The molecule has 0 bridgehead atoms. The molecule has 2 fully saturated rings. The predicted octanol–water partition coefficient (Wildman–Crippen LogP) is 5.11. The molecule has 3 atom stereocenters. The van der Waals surface area contributed by atoms with Gasteiger partial charge in [0.25, 0.3) is 0 Å². The van der Waals surface area contributed by atoms with Crippen molar-refractivity contribution in [2.45, 2.75) is 122 Å². The number of amides is 3. The maximum absolute atomic E-state index is 14.2. The summed E-state index contributed by atoms with van der Waals surface area (Å²) in [6, 6.07) is -0.459. The van der Waals surface area contributed by atoms with Crippen LogP contribution in [0, 0.1) is 13.8 Å². The number of aryl methyl sites for hydroxylation is 1. The number of unbranched alkanes of at least 4 members (excludes halogenated alkanes) is 3. The number of nitrogens with zero attached hydrogens (tertiary/aromatic N) is 4. The molecule has 1 saturated carbocycles. The second-order valence-corrected chi connectivity index (χ2v) is 14.0. The van der Waals surface area contributed by atoms with Gasteiger partial charge in [-0.25, -0.2) is 9.59 Å². The number of aromatic nitrogens is 3. The highest BCUT2D eigenvalue weighted by atomic mass is 79.9. The maximum atomic E-state index is 14.2. The summed E-state index contributed by atoms with van der Waals surface area (Å²) in [4.78, 5) is 55.6. The Morgan fingerprint density at radius 1 is 1.16 bits per heavy atom. The van der Waals surface area contributed by atoms with Gasteiger partial charge >= 0.3 is 12.1 Å². The van der Waals surface area contributed by atoms with Crippen LogP contribution < -0.4 is 10.6 Å². The lowest BCUT2D eigenvalue weighted by Gasteiger charge is -2.30. The van der Waals surface area contributed by atoms with E-state index in [4.69, 9.17) is 14.9 Å². The zero-order chi connectivity index (χ0) is 33.1. The Kier molecular flexibility index (Phi) is 10.6. The first-order chi connectivity index (χ1) is 21.2. The highest BCUT2D eigenvalue weighted by Crippen LogP contribution is 2.37. The first-order valence-electron chi connectivity index (χ1n) is 15.6. The first kappa shape index (κ1) is 34.4. The molecule has 0 unspecified atom stereocenters. The van der Waals surface area contributed by atoms with Gasteiger partial charge in [0.1, 0.15) is 34.3 Å². The van der Waals surface area contributed by atoms with Crippen LogP contribution in [0.25, 0.3) is 11.0 Å². The highest BCUT2D eigenvalue weighted by Gasteiger charge is 2.54. The molecule has 0 spiro atoms. The molecule has 2 heterocycles. The van der Waals surface area contributed by atoms with Gasteiger partial charge in [0.15, 0.2) is 0 Å². The standard InChI is InChI=1S/C32H45BrN6O6/c1-7-8-9-10-11-12-13-23(34-30(44)45-31(4,5)6)28(41)38-18-21(16-25(38)27(40)35-32(14-15-32)29(42)43)39-36-24-17-22(33)19(2)20(3)26(24)37-39/h7-8,17,21,23,25H,9-16,18H2,1-6H3,(H,34,44)(H,35,40)(H,42,43)/b8-7-/t21-,23+,25-/m0/s1. The van der Waals surface area contributed by atoms with Gasteiger partial charge in [0.05, 0.1) is 6.04 Å². The van der Waals surface area contributed by atoms with E-state index in [0.717, 1.165) is 40.4 Å². The van der Waals surface area contributed by atoms with Crippen LogP contribution in [0.15, 0.2) is 22.7 Å². The fourth-order valence-electron chi connectivity index (χ4n) is 5.62. The van der Waals surface area contributed by atoms with E-state index in [0.29, 0.717) is 31.2 Å². The molecule has 1 aromatic carbocycles. The van der Waals surface area contributed by atoms with E-state index >= 15 is 0 Å². The van der Waals surface area contributed by atoms with Crippen molar-refractivity contribution in [2.75, 3.05) is 6.54 Å². The van der Waals surface area contributed by atoms with Crippen LogP contribution in [0.1, 0.15) is 96.2 Å². The number of hydrogen-bond acceptors (Lipinski definition) is 7. The zero-order valence-corrected chi connectivity index (χ0v) is 28.6. The number of ether oxygens (including phenoxy) is 1. The summed E-state index contributed by atoms with van der Waals surface area (Å²) in [6.07, 6.45) is 7.99. The average molecular weight is 690 g/mol. The molecule has 246 valence electrons. The van der Waals surface area contributed by atoms with Crippen LogP contribution in [0.4, 0.5) is 4.79 Å². The van der Waals surface area contributed by atoms with Gasteiger partial charge in [-0.3, -0.25) is 9.59 Å². The topological polar surface area (TPSA) is 156 Å². The number of halogens is 1. The molecule has 13 heteroatoms. The summed E-state index contributed by atoms with van der Waals surface area (Å²) in [6.45, 7) is 11.3. The Morgan fingerprint density at radius 3 is 2.49 bits per heavy atom. The SMILES string of the molecule is C/C=C\CCCCC[C@@H](NC(=O)OC(C)(C)C)C(=O)N1C[C@@H](n2nc3cc(Br)c(C)c(C)c3n2)C[C@H]1C(=O)NC1(C(=O)O)CC1. The number of nitrogens with one attached hydrogen (secondary N) is 2. The summed E-state index contributed by atoms with van der Waals surface area (Å²) in [5.74, 6) is -2.06. The highest BCUT2D eigenvalue weighted by molar-refractivity contribution is 9.10. The lowest BCUT2D eigenvalue weighted by molar-refractivity contribution is -0.145. The van der Waals surface area contributed by atoms with Crippen LogP contribution in [0.2, 0.25) is 0 Å². The number of benzene rings is 1. The van der Waals surface area contributed by atoms with Crippen molar-refractivity contribution >= 4 is 50.8 Å². The monoisotopic (exact) mass is 688 g/mol. The lowest BCUT2D eigenvalue weighted by atomic mass is 10.0. The molecule has 0 radical (unpaired) electrons. The second-order valence-electron chi connectivity index (χ2n) is 13.2. The molecular formula is C32H45BrN6O6. The molecular weight excluding hydrogens is 644 g/mol. The molecule has 12 nitrogen and oxygen atoms in total. The largest absolute Gasteiger partial charge is 0.480 e. The van der Waals surface area contributed by atoms with Gasteiger partial charge in [-0.05, 0) is 90.8 Å². The molecule has 1 saturated heterocycles. The Morgan fingerprint density at radius 2 is 1.87 bits per heavy atom. The molecule has 3 amide bonds. The minimum Gasteiger partial charge on any atom is -0.480 e. The molecule has 2 aliphatic rings. The van der Waals surface area contributed by atoms with E-state index in [1.165, 1.54) is 4.90 Å². The van der Waals surface area contributed by atoms with Gasteiger partial charge in [-0.2, -0.15) is 15.0 Å². The van der Waals surface area contributed by atoms with Gasteiger partial charge < -0.3 is 25.4 Å². The summed E-state index contributed by atoms with van der Waals surface area (Å²) in [5, 5.41) is 24.6. The number of carboxylic acids is 1. The predicted molar refractivity (Wildman–Crippen MR) is 173 cm³/mol. The number of fused-ring (bicyclic) bond motifs is 1. The molecule has 1 aromatic heterocycles. The second kappa shape index (κ2) is 13.9. The van der Waals surface area contributed by atoms with E-state index in [1.807, 2.05) is 32.9 Å². The summed E-state index contributed by atoms with van der Waals surface area (Å²) in [5.41, 5.74) is 1.34. The number of carbonyl (C=O) groups is 4. The van der Waals surface area contributed by atoms with E-state index in [1.54, 1.807) is 25.6 Å². The van der Waals surface area contributed by atoms with E-state index in [2.05, 4.69) is 32.6 Å². The Bertz CT molecular complexity index is 1480. The van der Waals surface area contributed by atoms with Crippen LogP contribution in [0.5, 0.6) is 0 Å². The molecule has 2 aromatic rings. The Labute approximate surface area is 272 Å². The molecule has 4 rings (SSSR count). The number of aliphatic carboxylic acids is 1. The number of hydrogen-bond donors (Lipinski definition) is 3. The van der Waals surface area contributed by atoms with E-state index < -0.39 is 53.1 Å². The third-order valence-corrected chi connectivity index (χ3v) is 9.32. The minimum absolute atomic E-state index is 0.116. The van der Waals surface area contributed by atoms with E-state index in [-0.39, 0.29) is 13.0 Å². The Hall–Kier alpha value is -3.48. The van der Waals surface area contributed by atoms with E-state index in [9.17, 15) is 24.3 Å². The first-order valence-corrected chi connectivity index (χ1v) is 16.4. The quantitative estimate of drug-likeness (QED) is 0.205. The zero-order valence-electron chi connectivity index (χ0n) is 27.0. The smallest absolute Gasteiger partial charge is 0.408 e. The lowest BCUT2D eigenvalue weighted by Crippen LogP contribution is -2.56. The number of allylic oxidation sites excluding steroid dienone is 2. The average Bonchev–Trinajstić information content (AvgIpc) is 3.41. The number of rotatable bonds is 12. The molecule has 3 N–H and O–H groups in total. The minimum atomic E-state index is -1.31. The van der Waals surface area contributed by atoms with Gasteiger partial charge in [-0.15, -0.1) is 0 Å². The fraction of sp³-hybridized carbons (Fsp3) is 0.625. The van der Waals surface area contributed by atoms with Crippen LogP contribution in [-0.2, 0) is 19.1 Å². The van der Waals surface area contributed by atoms with Crippen molar-refractivity contribution in [3.8, 4) is 0 Å². The molecule has 1 aliphatic heterocycles. The van der Waals surface area contributed by atoms with Crippen LogP contribution in [0.3, 0.4) is 0 Å². The van der Waals surface area contributed by atoms with Crippen molar-refractivity contribution < 1.29 is 29.0 Å². The maximum Gasteiger partial charge on any atom is 0.408 e. The van der Waals surface area contributed by atoms with Crippen LogP contribution >= 0.6 is 15.9 Å². The van der Waals surface area contributed by atoms with Crippen molar-refractivity contribution in [1.29, 1.82) is 0 Å². The van der Waals surface area contributed by atoms with Crippen molar-refractivity contribution in [1.82, 2.24) is 30.5 Å². The van der Waals surface area contributed by atoms with Gasteiger partial charge in [0.2, 0.25) is 11.8 Å². The summed E-state index contributed by atoms with van der Waals surface area (Å²) >= 11 is 3.58. The van der Waals surface area contributed by atoms with Crippen molar-refractivity contribution in [3.63, 3.8) is 0 Å². The normalized spacial score (nSPS) is 19.9. The summed E-state index contributed by atoms with van der Waals surface area (Å²) in [7, 11) is 0. The van der Waals surface area contributed by atoms with Gasteiger partial charge in [-0.1, -0.05) is 40.9 Å². The Balaban J connectivity index is 1.62. The molecule has 1 aliphatic carbocycles. The number of likely N-dealkylation sites (tertiary alicyclic amines) is 1. The summed E-state index contributed by atoms with van der Waals surface area (Å²) < 4.78 is 6.37. The van der Waals surface area contributed by atoms with Crippen molar-refractivity contribution in [2.24, 2.45) is 0 Å². The van der Waals surface area contributed by atoms with Gasteiger partial charge in [0, 0.05) is 17.4 Å². The third-order valence-electron chi connectivity index (χ3n) is 8.50. The fourth-order valence-corrected chi connectivity index (χ4v) is 6.13. The number of carboxylic acid groups (broad SMARTS) is 1. The number of alkyl carbamates (subject to hydrolysis) is 1. The third kappa shape index (κ3) is 8.22.